The summed E-state index contributed by atoms with van der Waals surface area (Å²) >= 11 is 12.8. The number of carbonyl (C=O) groups excluding carboxylic acids is 1. The highest BCUT2D eigenvalue weighted by molar-refractivity contribution is 7.91. The van der Waals surface area contributed by atoms with E-state index in [2.05, 4.69) is 5.32 Å². The van der Waals surface area contributed by atoms with Gasteiger partial charge in [-0.05, 0) is 66.2 Å². The summed E-state index contributed by atoms with van der Waals surface area (Å²) in [7, 11) is -3.95. The summed E-state index contributed by atoms with van der Waals surface area (Å²) in [6.45, 7) is -0.0630. The molecule has 0 radical (unpaired) electrons. The first-order valence-electron chi connectivity index (χ1n) is 15.1. The smallest absolute Gasteiger partial charge is 0.416 e. The van der Waals surface area contributed by atoms with Gasteiger partial charge in [-0.2, -0.15) is 13.2 Å². The monoisotopic (exact) mass is 734 g/mol. The predicted octanol–water partition coefficient (Wildman–Crippen LogP) is 7.21. The fraction of sp³-hybridized carbons (Fsp3) is 0.257. The third-order valence-corrected chi connectivity index (χ3v) is 10.1. The lowest BCUT2D eigenvalue weighted by Gasteiger charge is -2.31. The molecule has 4 aromatic rings. The van der Waals surface area contributed by atoms with Crippen LogP contribution in [0.25, 0.3) is 0 Å². The minimum absolute atomic E-state index is 0.00394. The average Bonchev–Trinajstić information content (AvgIpc) is 3.47. The molecular weight excluding hydrogens is 704 g/mol. The normalized spacial score (nSPS) is 17.7. The first-order valence-corrected chi connectivity index (χ1v) is 17.5. The Morgan fingerprint density at radius 2 is 1.71 bits per heavy atom. The largest absolute Gasteiger partial charge is 0.494 e. The number of amides is 1. The van der Waals surface area contributed by atoms with E-state index in [0.29, 0.717) is 28.3 Å². The molecule has 2 atom stereocenters. The Labute approximate surface area is 291 Å². The van der Waals surface area contributed by atoms with Gasteiger partial charge in [0.2, 0.25) is 5.90 Å². The molecule has 1 heterocycles. The number of benzene rings is 4. The van der Waals surface area contributed by atoms with E-state index in [1.807, 2.05) is 0 Å². The van der Waals surface area contributed by atoms with Crippen LogP contribution in [0.1, 0.15) is 41.2 Å². The van der Waals surface area contributed by atoms with Gasteiger partial charge in [0.05, 0.1) is 22.8 Å². The van der Waals surface area contributed by atoms with Crippen LogP contribution in [-0.2, 0) is 32.1 Å². The maximum absolute atomic E-state index is 14.4. The summed E-state index contributed by atoms with van der Waals surface area (Å²) in [5.74, 6) is -0.812. The number of aliphatic imine (C=N–C) groups is 1. The van der Waals surface area contributed by atoms with Gasteiger partial charge in [-0.15, -0.1) is 0 Å². The van der Waals surface area contributed by atoms with Crippen molar-refractivity contribution in [3.05, 3.63) is 129 Å². The van der Waals surface area contributed by atoms with E-state index in [-0.39, 0.29) is 47.6 Å². The van der Waals surface area contributed by atoms with Crippen molar-refractivity contribution in [3.63, 3.8) is 0 Å². The topological polar surface area (TPSA) is 114 Å². The van der Waals surface area contributed by atoms with Crippen LogP contribution in [0.3, 0.4) is 0 Å². The second kappa shape index (κ2) is 15.2. The van der Waals surface area contributed by atoms with Gasteiger partial charge in [0.1, 0.15) is 5.75 Å². The fourth-order valence-corrected chi connectivity index (χ4v) is 7.19. The Kier molecular flexibility index (Phi) is 11.2. The molecule has 0 aliphatic carbocycles. The van der Waals surface area contributed by atoms with Gasteiger partial charge in [-0.25, -0.2) is 13.4 Å². The number of aliphatic hydroxyl groups is 1. The Morgan fingerprint density at radius 1 is 0.980 bits per heavy atom. The third-order valence-electron chi connectivity index (χ3n) is 7.84. The van der Waals surface area contributed by atoms with Gasteiger partial charge in [0.25, 0.3) is 5.91 Å². The highest BCUT2D eigenvalue weighted by Gasteiger charge is 2.54. The Balaban J connectivity index is 1.57. The van der Waals surface area contributed by atoms with Crippen molar-refractivity contribution in [2.75, 3.05) is 19.0 Å². The van der Waals surface area contributed by atoms with Gasteiger partial charge in [0.15, 0.2) is 21.5 Å². The minimum atomic E-state index is -4.60. The van der Waals surface area contributed by atoms with Crippen LogP contribution in [0.15, 0.2) is 107 Å². The zero-order chi connectivity index (χ0) is 35.2. The molecule has 1 aliphatic heterocycles. The summed E-state index contributed by atoms with van der Waals surface area (Å²) in [5, 5.41) is 12.1. The Bertz CT molecular complexity index is 1930. The van der Waals surface area contributed by atoms with Gasteiger partial charge in [-0.1, -0.05) is 59.6 Å². The van der Waals surface area contributed by atoms with Crippen molar-refractivity contribution in [2.24, 2.45) is 4.99 Å². The highest BCUT2D eigenvalue weighted by atomic mass is 35.5. The van der Waals surface area contributed by atoms with E-state index in [1.165, 1.54) is 36.4 Å². The molecule has 0 saturated carbocycles. The molecule has 0 fully saturated rings. The molecule has 4 aromatic carbocycles. The quantitative estimate of drug-likeness (QED) is 0.140. The average molecular weight is 736 g/mol. The van der Waals surface area contributed by atoms with E-state index in [4.69, 9.17) is 42.8 Å². The first kappa shape index (κ1) is 36.2. The third kappa shape index (κ3) is 8.56. The number of sulfone groups is 1. The maximum atomic E-state index is 14.4. The summed E-state index contributed by atoms with van der Waals surface area (Å²) in [6, 6.07) is 23.3. The Morgan fingerprint density at radius 3 is 2.39 bits per heavy atom. The van der Waals surface area contributed by atoms with E-state index in [1.54, 1.807) is 48.5 Å². The molecule has 0 unspecified atom stereocenters. The second-order valence-electron chi connectivity index (χ2n) is 11.2. The summed E-state index contributed by atoms with van der Waals surface area (Å²) in [4.78, 5) is 19.2. The van der Waals surface area contributed by atoms with Crippen molar-refractivity contribution in [2.45, 2.75) is 42.1 Å². The van der Waals surface area contributed by atoms with Gasteiger partial charge in [0, 0.05) is 47.2 Å². The summed E-state index contributed by atoms with van der Waals surface area (Å²) < 4.78 is 79.3. The standard InChI is InChI=1S/C35H31Cl2F3N2O6S/c36-26-12-15-29(30(37)21-26)31-34(16-19-49(45,46)28-8-2-1-3-9-28,33(44)41-22-23-6-4-7-25(20-23)35(38,39)40)42-32(48-31)24-10-13-27(14-11-24)47-18-5-17-43/h1-4,6-15,20-21,31,43H,5,16-19,22H2,(H,41,44)/t31-,34-/m1/s1. The molecule has 2 N–H and O–H groups in total. The molecule has 8 nitrogen and oxygen atoms in total. The van der Waals surface area contributed by atoms with Crippen molar-refractivity contribution in [1.29, 1.82) is 0 Å². The summed E-state index contributed by atoms with van der Waals surface area (Å²) in [5.41, 5.74) is -1.95. The van der Waals surface area contributed by atoms with Crippen LogP contribution >= 0.6 is 23.2 Å². The number of hydrogen-bond acceptors (Lipinski definition) is 7. The van der Waals surface area contributed by atoms with Crippen LogP contribution < -0.4 is 10.1 Å². The molecule has 0 bridgehead atoms. The van der Waals surface area contributed by atoms with E-state index < -0.39 is 44.9 Å². The first-order chi connectivity index (χ1) is 23.3. The molecule has 1 aliphatic rings. The van der Waals surface area contributed by atoms with E-state index in [0.717, 1.165) is 12.1 Å². The lowest BCUT2D eigenvalue weighted by atomic mass is 9.85. The van der Waals surface area contributed by atoms with Crippen molar-refractivity contribution in [3.8, 4) is 5.75 Å². The molecule has 0 saturated heterocycles. The Hall–Kier alpha value is -4.10. The molecule has 0 aromatic heterocycles. The maximum Gasteiger partial charge on any atom is 0.416 e. The zero-order valence-electron chi connectivity index (χ0n) is 25.8. The molecule has 1 amide bonds. The van der Waals surface area contributed by atoms with E-state index >= 15 is 0 Å². The lowest BCUT2D eigenvalue weighted by Crippen LogP contribution is -2.49. The number of ether oxygens (including phenoxy) is 2. The van der Waals surface area contributed by atoms with Gasteiger partial charge >= 0.3 is 6.18 Å². The molecule has 49 heavy (non-hydrogen) atoms. The fourth-order valence-electron chi connectivity index (χ4n) is 5.29. The number of rotatable bonds is 13. The molecule has 14 heteroatoms. The number of nitrogens with one attached hydrogen (secondary N) is 1. The minimum Gasteiger partial charge on any atom is -0.494 e. The van der Waals surface area contributed by atoms with Gasteiger partial charge < -0.3 is 19.9 Å². The molecule has 0 spiro atoms. The van der Waals surface area contributed by atoms with Crippen LogP contribution in [0, 0.1) is 0 Å². The molecule has 5 rings (SSSR count). The number of halogens is 5. The van der Waals surface area contributed by atoms with Crippen LogP contribution in [-0.4, -0.2) is 49.8 Å². The zero-order valence-corrected chi connectivity index (χ0v) is 28.1. The highest BCUT2D eigenvalue weighted by Crippen LogP contribution is 2.45. The van der Waals surface area contributed by atoms with Crippen molar-refractivity contribution >= 4 is 44.8 Å². The van der Waals surface area contributed by atoms with Crippen LogP contribution in [0.5, 0.6) is 5.75 Å². The molecule has 258 valence electrons. The van der Waals surface area contributed by atoms with Gasteiger partial charge in [-0.3, -0.25) is 4.79 Å². The number of aliphatic hydroxyl groups excluding tert-OH is 1. The predicted molar refractivity (Wildman–Crippen MR) is 180 cm³/mol. The van der Waals surface area contributed by atoms with Crippen LogP contribution in [0.4, 0.5) is 13.2 Å². The van der Waals surface area contributed by atoms with E-state index in [9.17, 15) is 26.4 Å². The summed E-state index contributed by atoms with van der Waals surface area (Å²) in [6.07, 6.45) is -5.80. The molecular formula is C35H31Cl2F3N2O6S. The SMILES string of the molecule is O=C(NCc1cccc(C(F)(F)F)c1)[C@]1(CCS(=O)(=O)c2ccccc2)N=C(c2ccc(OCCCO)cc2)O[C@@H]1c1ccc(Cl)cc1Cl. The van der Waals surface area contributed by atoms with Crippen LogP contribution in [0.2, 0.25) is 10.0 Å². The number of carbonyl (C=O) groups is 1. The second-order valence-corrected chi connectivity index (χ2v) is 14.2. The lowest BCUT2D eigenvalue weighted by molar-refractivity contribution is -0.137. The van der Waals surface area contributed by atoms with Crippen molar-refractivity contribution in [1.82, 2.24) is 5.32 Å². The number of hydrogen-bond donors (Lipinski definition) is 2. The number of nitrogens with zero attached hydrogens (tertiary/aromatic N) is 1. The van der Waals surface area contributed by atoms with Crippen molar-refractivity contribution < 1.29 is 41.0 Å². The number of alkyl halides is 3.